The third kappa shape index (κ3) is 4.54. The number of likely N-dealkylation sites (tertiary alicyclic amines) is 1. The Labute approximate surface area is 210 Å². The molecule has 1 atom stereocenters. The molecule has 0 bridgehead atoms. The number of nitrogens with one attached hydrogen (secondary N) is 1. The summed E-state index contributed by atoms with van der Waals surface area (Å²) >= 11 is 0. The third-order valence-electron chi connectivity index (χ3n) is 6.72. The van der Waals surface area contributed by atoms with Gasteiger partial charge < -0.3 is 24.6 Å². The lowest BCUT2D eigenvalue weighted by atomic mass is 10.1. The Morgan fingerprint density at radius 3 is 2.65 bits per heavy atom. The zero-order valence-electron chi connectivity index (χ0n) is 19.8. The molecule has 2 amide bonds. The normalized spacial score (nSPS) is 20.4. The molecule has 0 aliphatic carbocycles. The second-order valence-electron chi connectivity index (χ2n) is 9.20. The van der Waals surface area contributed by atoms with E-state index in [2.05, 4.69) is 20.3 Å². The van der Waals surface area contributed by atoms with E-state index in [1.807, 2.05) is 4.90 Å². The van der Waals surface area contributed by atoms with Crippen LogP contribution in [0.5, 0.6) is 5.88 Å². The fraction of sp³-hybridized carbons (Fsp3) is 0.458. The van der Waals surface area contributed by atoms with E-state index in [1.165, 1.54) is 10.6 Å². The molecule has 1 aromatic carbocycles. The highest BCUT2D eigenvalue weighted by atomic mass is 19.3. The molecule has 3 aliphatic rings. The number of imidazole rings is 1. The van der Waals surface area contributed by atoms with Gasteiger partial charge in [-0.15, -0.1) is 0 Å². The third-order valence-corrected chi connectivity index (χ3v) is 6.72. The molecule has 3 fully saturated rings. The van der Waals surface area contributed by atoms with Gasteiger partial charge in [0, 0.05) is 25.6 Å². The number of halogens is 2. The fourth-order valence-electron chi connectivity index (χ4n) is 4.80. The Balaban J connectivity index is 1.29. The van der Waals surface area contributed by atoms with Crippen molar-refractivity contribution in [2.75, 3.05) is 44.3 Å². The van der Waals surface area contributed by atoms with Crippen LogP contribution in [-0.4, -0.2) is 87.8 Å². The predicted molar refractivity (Wildman–Crippen MR) is 127 cm³/mol. The number of fused-ring (bicyclic) bond motifs is 1. The SMILES string of the molecule is O=C1CCC(C(=O)N2CC(Oc3cc(-n4c(C(F)F)nc5ccccc54)nc(N4CCOCC4)n3)C2)N1. The van der Waals surface area contributed by atoms with E-state index in [0.717, 1.165) is 0 Å². The summed E-state index contributed by atoms with van der Waals surface area (Å²) in [7, 11) is 0. The van der Waals surface area contributed by atoms with E-state index in [4.69, 9.17) is 9.47 Å². The number of para-hydroxylation sites is 2. The zero-order chi connectivity index (χ0) is 25.5. The summed E-state index contributed by atoms with van der Waals surface area (Å²) < 4.78 is 40.9. The van der Waals surface area contributed by atoms with E-state index >= 15 is 0 Å². The van der Waals surface area contributed by atoms with Gasteiger partial charge in [0.05, 0.1) is 37.3 Å². The zero-order valence-corrected chi connectivity index (χ0v) is 19.8. The quantitative estimate of drug-likeness (QED) is 0.527. The molecule has 13 heteroatoms. The Hall–Kier alpha value is -3.87. The summed E-state index contributed by atoms with van der Waals surface area (Å²) in [5, 5.41) is 2.69. The minimum Gasteiger partial charge on any atom is -0.470 e. The fourth-order valence-corrected chi connectivity index (χ4v) is 4.80. The maximum Gasteiger partial charge on any atom is 0.296 e. The van der Waals surface area contributed by atoms with Crippen molar-refractivity contribution in [1.29, 1.82) is 0 Å². The Kier molecular flexibility index (Phi) is 6.07. The van der Waals surface area contributed by atoms with Gasteiger partial charge in [0.2, 0.25) is 23.6 Å². The lowest BCUT2D eigenvalue weighted by Gasteiger charge is -2.40. The number of amides is 2. The van der Waals surface area contributed by atoms with Gasteiger partial charge in [-0.2, -0.15) is 9.97 Å². The molecule has 1 N–H and O–H groups in total. The average molecular weight is 514 g/mol. The van der Waals surface area contributed by atoms with Crippen molar-refractivity contribution >= 4 is 28.8 Å². The highest BCUT2D eigenvalue weighted by molar-refractivity contribution is 5.91. The van der Waals surface area contributed by atoms with Crippen molar-refractivity contribution < 1.29 is 27.8 Å². The Bertz CT molecular complexity index is 1340. The van der Waals surface area contributed by atoms with Crippen LogP contribution in [0.4, 0.5) is 14.7 Å². The van der Waals surface area contributed by atoms with Crippen molar-refractivity contribution in [1.82, 2.24) is 29.7 Å². The molecule has 11 nitrogen and oxygen atoms in total. The van der Waals surface area contributed by atoms with Gasteiger partial charge in [-0.1, -0.05) is 12.1 Å². The molecule has 6 rings (SSSR count). The molecule has 37 heavy (non-hydrogen) atoms. The number of ether oxygens (including phenoxy) is 2. The molecule has 2 aromatic heterocycles. The molecular weight excluding hydrogens is 488 g/mol. The molecule has 1 unspecified atom stereocenters. The number of nitrogens with zero attached hydrogens (tertiary/aromatic N) is 6. The lowest BCUT2D eigenvalue weighted by molar-refractivity contribution is -0.142. The second-order valence-corrected chi connectivity index (χ2v) is 9.20. The number of hydrogen-bond acceptors (Lipinski definition) is 8. The van der Waals surface area contributed by atoms with Gasteiger partial charge in [0.15, 0.2) is 5.82 Å². The number of carbonyl (C=O) groups is 2. The summed E-state index contributed by atoms with van der Waals surface area (Å²) in [4.78, 5) is 40.9. The maximum atomic E-state index is 14.0. The second kappa shape index (κ2) is 9.54. The lowest BCUT2D eigenvalue weighted by Crippen LogP contribution is -2.59. The number of aromatic nitrogens is 4. The van der Waals surface area contributed by atoms with Crippen molar-refractivity contribution in [3.8, 4) is 11.7 Å². The first kappa shape index (κ1) is 23.5. The molecule has 3 saturated heterocycles. The Morgan fingerprint density at radius 1 is 1.14 bits per heavy atom. The van der Waals surface area contributed by atoms with Crippen LogP contribution < -0.4 is 15.0 Å². The van der Waals surface area contributed by atoms with Gasteiger partial charge >= 0.3 is 0 Å². The molecule has 194 valence electrons. The minimum atomic E-state index is -2.82. The maximum absolute atomic E-state index is 14.0. The van der Waals surface area contributed by atoms with Crippen LogP contribution in [0.15, 0.2) is 30.3 Å². The monoisotopic (exact) mass is 513 g/mol. The van der Waals surface area contributed by atoms with Crippen LogP contribution in [0.2, 0.25) is 0 Å². The predicted octanol–water partition coefficient (Wildman–Crippen LogP) is 1.46. The van der Waals surface area contributed by atoms with E-state index < -0.39 is 18.3 Å². The number of morpholine rings is 1. The molecule has 3 aromatic rings. The van der Waals surface area contributed by atoms with Crippen LogP contribution in [0.1, 0.15) is 25.1 Å². The van der Waals surface area contributed by atoms with E-state index in [0.29, 0.717) is 69.2 Å². The van der Waals surface area contributed by atoms with Gasteiger partial charge in [0.1, 0.15) is 18.0 Å². The first-order valence-corrected chi connectivity index (χ1v) is 12.2. The highest BCUT2D eigenvalue weighted by Gasteiger charge is 2.38. The minimum absolute atomic E-state index is 0.119. The topological polar surface area (TPSA) is 115 Å². The average Bonchev–Trinajstić information content (AvgIpc) is 3.50. The van der Waals surface area contributed by atoms with Crippen molar-refractivity contribution in [2.45, 2.75) is 31.4 Å². The van der Waals surface area contributed by atoms with Gasteiger partial charge in [-0.3, -0.25) is 14.2 Å². The molecule has 0 spiro atoms. The molecule has 5 heterocycles. The highest BCUT2D eigenvalue weighted by Crippen LogP contribution is 2.30. The summed E-state index contributed by atoms with van der Waals surface area (Å²) in [5.74, 6) is 0.111. The number of hydrogen-bond donors (Lipinski definition) is 1. The van der Waals surface area contributed by atoms with Crippen LogP contribution in [0, 0.1) is 0 Å². The smallest absolute Gasteiger partial charge is 0.296 e. The number of benzene rings is 1. The van der Waals surface area contributed by atoms with E-state index in [-0.39, 0.29) is 29.6 Å². The summed E-state index contributed by atoms with van der Waals surface area (Å²) in [5.41, 5.74) is 0.924. The number of carbonyl (C=O) groups excluding carboxylic acids is 2. The summed E-state index contributed by atoms with van der Waals surface area (Å²) in [6.45, 7) is 2.78. The van der Waals surface area contributed by atoms with Crippen LogP contribution in [0.25, 0.3) is 16.9 Å². The number of alkyl halides is 2. The molecule has 3 aliphatic heterocycles. The van der Waals surface area contributed by atoms with Crippen LogP contribution >= 0.6 is 0 Å². The molecule has 0 saturated carbocycles. The first-order valence-electron chi connectivity index (χ1n) is 12.2. The van der Waals surface area contributed by atoms with Crippen LogP contribution in [0.3, 0.4) is 0 Å². The van der Waals surface area contributed by atoms with Crippen molar-refractivity contribution in [3.63, 3.8) is 0 Å². The van der Waals surface area contributed by atoms with Gasteiger partial charge in [0.25, 0.3) is 6.43 Å². The van der Waals surface area contributed by atoms with Gasteiger partial charge in [-0.25, -0.2) is 13.8 Å². The standard InChI is InChI=1S/C24H25F2N7O4/c25-21(26)22-28-15-3-1-2-4-17(15)33(22)18-11-20(30-24(29-18)31-7-9-36-10-8-31)37-14-12-32(13-14)23(35)16-5-6-19(34)27-16/h1-4,11,14,16,21H,5-10,12-13H2,(H,27,34). The molecule has 0 radical (unpaired) electrons. The molecular formula is C24H25F2N7O4. The first-order chi connectivity index (χ1) is 18.0. The van der Waals surface area contributed by atoms with Crippen molar-refractivity contribution in [3.05, 3.63) is 36.2 Å². The summed E-state index contributed by atoms with van der Waals surface area (Å²) in [6, 6.07) is 7.90. The van der Waals surface area contributed by atoms with E-state index in [1.54, 1.807) is 29.2 Å². The number of rotatable bonds is 6. The largest absolute Gasteiger partial charge is 0.470 e. The summed E-state index contributed by atoms with van der Waals surface area (Å²) in [6.07, 6.45) is -2.30. The number of anilines is 1. The van der Waals surface area contributed by atoms with E-state index in [9.17, 15) is 18.4 Å². The van der Waals surface area contributed by atoms with Crippen LogP contribution in [-0.2, 0) is 14.3 Å². The Morgan fingerprint density at radius 2 is 1.92 bits per heavy atom. The van der Waals surface area contributed by atoms with Gasteiger partial charge in [-0.05, 0) is 18.6 Å². The van der Waals surface area contributed by atoms with Crippen molar-refractivity contribution in [2.24, 2.45) is 0 Å².